The highest BCUT2D eigenvalue weighted by Crippen LogP contribution is 2.14. The predicted octanol–water partition coefficient (Wildman–Crippen LogP) is 2.15. The third-order valence-electron chi connectivity index (χ3n) is 5.27. The number of hydrogen-bond donors (Lipinski definition) is 1. The molecule has 1 aromatic heterocycles. The molecule has 0 atom stereocenters. The fourth-order valence-corrected chi connectivity index (χ4v) is 3.58. The van der Waals surface area contributed by atoms with Gasteiger partial charge in [-0.15, -0.1) is 0 Å². The number of nitrogens with one attached hydrogen (secondary N) is 1. The van der Waals surface area contributed by atoms with Crippen LogP contribution in [0.2, 0.25) is 0 Å². The summed E-state index contributed by atoms with van der Waals surface area (Å²) in [6.45, 7) is 5.29. The van der Waals surface area contributed by atoms with Crippen molar-refractivity contribution >= 4 is 5.82 Å². The molecule has 0 aliphatic carbocycles. The second kappa shape index (κ2) is 11.0. The number of aromatic nitrogens is 2. The van der Waals surface area contributed by atoms with Gasteiger partial charge in [0.1, 0.15) is 12.4 Å². The van der Waals surface area contributed by atoms with Crippen LogP contribution in [0.5, 0.6) is 5.75 Å². The Balaban J connectivity index is 1.41. The van der Waals surface area contributed by atoms with Gasteiger partial charge in [-0.25, -0.2) is 4.98 Å². The van der Waals surface area contributed by atoms with E-state index in [0.29, 0.717) is 25.0 Å². The van der Waals surface area contributed by atoms with Crippen molar-refractivity contribution in [2.75, 3.05) is 52.2 Å². The molecular weight excluding hydrogens is 366 g/mol. The van der Waals surface area contributed by atoms with E-state index in [1.165, 1.54) is 0 Å². The third-order valence-corrected chi connectivity index (χ3v) is 5.27. The molecule has 29 heavy (non-hydrogen) atoms. The highest BCUT2D eigenvalue weighted by molar-refractivity contribution is 5.32. The molecule has 1 N–H and O–H groups in total. The average molecular weight is 400 g/mol. The molecule has 3 rings (SSSR count). The molecule has 2 heterocycles. The molecule has 0 spiro atoms. The van der Waals surface area contributed by atoms with Crippen molar-refractivity contribution in [3.63, 3.8) is 0 Å². The number of ether oxygens (including phenoxy) is 1. The van der Waals surface area contributed by atoms with Crippen LogP contribution in [0.1, 0.15) is 19.3 Å². The van der Waals surface area contributed by atoms with Gasteiger partial charge in [-0.1, -0.05) is 18.2 Å². The van der Waals surface area contributed by atoms with E-state index in [1.54, 1.807) is 17.0 Å². The number of benzene rings is 1. The van der Waals surface area contributed by atoms with Crippen LogP contribution in [0, 0.1) is 0 Å². The second-order valence-electron chi connectivity index (χ2n) is 7.85. The second-order valence-corrected chi connectivity index (χ2v) is 7.85. The summed E-state index contributed by atoms with van der Waals surface area (Å²) in [5.74, 6) is 1.39. The van der Waals surface area contributed by atoms with E-state index >= 15 is 0 Å². The molecule has 1 aromatic carbocycles. The molecule has 0 unspecified atom stereocenters. The van der Waals surface area contributed by atoms with Crippen LogP contribution in [0.4, 0.5) is 5.82 Å². The van der Waals surface area contributed by atoms with Crippen molar-refractivity contribution < 1.29 is 4.74 Å². The number of likely N-dealkylation sites (tertiary alicyclic amines) is 1. The fraction of sp³-hybridized carbons (Fsp3) is 0.545. The number of aryl methyl sites for hydroxylation is 1. The monoisotopic (exact) mass is 399 g/mol. The Morgan fingerprint density at radius 1 is 1.17 bits per heavy atom. The van der Waals surface area contributed by atoms with E-state index in [-0.39, 0.29) is 5.56 Å². The van der Waals surface area contributed by atoms with Crippen LogP contribution >= 0.6 is 0 Å². The Hall–Kier alpha value is -2.38. The summed E-state index contributed by atoms with van der Waals surface area (Å²) < 4.78 is 7.55. The van der Waals surface area contributed by atoms with E-state index in [1.807, 2.05) is 44.4 Å². The van der Waals surface area contributed by atoms with Crippen LogP contribution in [0.15, 0.2) is 47.5 Å². The molecule has 1 saturated heterocycles. The van der Waals surface area contributed by atoms with E-state index < -0.39 is 0 Å². The number of hydrogen-bond acceptors (Lipinski definition) is 6. The van der Waals surface area contributed by atoms with Gasteiger partial charge in [0, 0.05) is 44.6 Å². The summed E-state index contributed by atoms with van der Waals surface area (Å²) in [6.07, 6.45) is 6.44. The maximum absolute atomic E-state index is 12.7. The van der Waals surface area contributed by atoms with Crippen LogP contribution < -0.4 is 15.6 Å². The largest absolute Gasteiger partial charge is 0.492 e. The van der Waals surface area contributed by atoms with Gasteiger partial charge in [0.15, 0.2) is 5.82 Å². The zero-order valence-corrected chi connectivity index (χ0v) is 17.6. The molecule has 158 valence electrons. The van der Waals surface area contributed by atoms with Crippen molar-refractivity contribution in [1.29, 1.82) is 0 Å². The zero-order chi connectivity index (χ0) is 20.5. The van der Waals surface area contributed by atoms with Crippen LogP contribution in [-0.4, -0.2) is 72.3 Å². The summed E-state index contributed by atoms with van der Waals surface area (Å²) in [5.41, 5.74) is -0.0232. The fourth-order valence-electron chi connectivity index (χ4n) is 3.58. The molecule has 1 fully saturated rings. The first kappa shape index (κ1) is 21.3. The lowest BCUT2D eigenvalue weighted by Crippen LogP contribution is -2.42. The Bertz CT molecular complexity index is 785. The van der Waals surface area contributed by atoms with Crippen LogP contribution in [0.25, 0.3) is 0 Å². The van der Waals surface area contributed by atoms with Crippen LogP contribution in [0.3, 0.4) is 0 Å². The molecule has 2 aromatic rings. The first-order chi connectivity index (χ1) is 14.1. The number of rotatable bonds is 10. The predicted molar refractivity (Wildman–Crippen MR) is 117 cm³/mol. The van der Waals surface area contributed by atoms with E-state index in [0.717, 1.165) is 51.2 Å². The van der Waals surface area contributed by atoms with Crippen molar-refractivity contribution in [2.45, 2.75) is 31.8 Å². The number of nitrogens with zero attached hydrogens (tertiary/aromatic N) is 4. The quantitative estimate of drug-likeness (QED) is 0.661. The highest BCUT2D eigenvalue weighted by atomic mass is 16.5. The molecule has 0 saturated carbocycles. The smallest absolute Gasteiger partial charge is 0.293 e. The maximum atomic E-state index is 12.7. The highest BCUT2D eigenvalue weighted by Gasteiger charge is 2.20. The topological polar surface area (TPSA) is 62.6 Å². The number of para-hydroxylation sites is 1. The molecule has 1 aliphatic rings. The molecule has 1 aliphatic heterocycles. The van der Waals surface area contributed by atoms with Crippen molar-refractivity contribution in [3.05, 3.63) is 53.1 Å². The number of anilines is 1. The minimum Gasteiger partial charge on any atom is -0.492 e. The first-order valence-corrected chi connectivity index (χ1v) is 10.5. The van der Waals surface area contributed by atoms with Crippen molar-refractivity contribution in [1.82, 2.24) is 19.4 Å². The molecular formula is C22H33N5O2. The van der Waals surface area contributed by atoms with Crippen molar-refractivity contribution in [2.24, 2.45) is 0 Å². The zero-order valence-electron chi connectivity index (χ0n) is 17.6. The first-order valence-electron chi connectivity index (χ1n) is 10.5. The van der Waals surface area contributed by atoms with Crippen LogP contribution in [-0.2, 0) is 6.54 Å². The lowest BCUT2D eigenvalue weighted by molar-refractivity contribution is 0.177. The minimum absolute atomic E-state index is 0.0232. The van der Waals surface area contributed by atoms with Gasteiger partial charge < -0.3 is 19.5 Å². The maximum Gasteiger partial charge on any atom is 0.293 e. The minimum atomic E-state index is -0.0232. The average Bonchev–Trinajstić information content (AvgIpc) is 2.72. The summed E-state index contributed by atoms with van der Waals surface area (Å²) in [5, 5.41) is 3.38. The SMILES string of the molecule is CN(C)CCCn1ccnc(NC2CCN(CCOc3ccccc3)CC2)c1=O. The molecule has 0 amide bonds. The Kier molecular flexibility index (Phi) is 8.07. The van der Waals surface area contributed by atoms with E-state index in [4.69, 9.17) is 4.74 Å². The van der Waals surface area contributed by atoms with E-state index in [9.17, 15) is 4.79 Å². The lowest BCUT2D eigenvalue weighted by Gasteiger charge is -2.32. The Labute approximate surface area is 173 Å². The molecule has 0 bridgehead atoms. The molecule has 0 radical (unpaired) electrons. The summed E-state index contributed by atoms with van der Waals surface area (Å²) in [7, 11) is 4.09. The van der Waals surface area contributed by atoms with Gasteiger partial charge in [0.25, 0.3) is 5.56 Å². The van der Waals surface area contributed by atoms with Gasteiger partial charge >= 0.3 is 0 Å². The summed E-state index contributed by atoms with van der Waals surface area (Å²) >= 11 is 0. The van der Waals surface area contributed by atoms with Gasteiger partial charge in [0.2, 0.25) is 0 Å². The van der Waals surface area contributed by atoms with Gasteiger partial charge in [-0.2, -0.15) is 0 Å². The Morgan fingerprint density at radius 3 is 2.66 bits per heavy atom. The normalized spacial score (nSPS) is 15.6. The molecule has 7 heteroatoms. The van der Waals surface area contributed by atoms with Crippen molar-refractivity contribution in [3.8, 4) is 5.75 Å². The lowest BCUT2D eigenvalue weighted by atomic mass is 10.1. The standard InChI is InChI=1S/C22H33N5O2/c1-25(2)12-6-13-27-16-11-23-21(22(27)28)24-19-9-14-26(15-10-19)17-18-29-20-7-4-3-5-8-20/h3-5,7-8,11,16,19H,6,9-10,12-15,17-18H2,1-2H3,(H,23,24). The van der Waals surface area contributed by atoms with Gasteiger partial charge in [-0.3, -0.25) is 9.69 Å². The third kappa shape index (κ3) is 6.87. The summed E-state index contributed by atoms with van der Waals surface area (Å²) in [4.78, 5) is 21.5. The van der Waals surface area contributed by atoms with E-state index in [2.05, 4.69) is 20.1 Å². The Morgan fingerprint density at radius 2 is 1.93 bits per heavy atom. The van der Waals surface area contributed by atoms with Gasteiger partial charge in [-0.05, 0) is 52.0 Å². The van der Waals surface area contributed by atoms with Gasteiger partial charge in [0.05, 0.1) is 0 Å². The number of piperidine rings is 1. The summed E-state index contributed by atoms with van der Waals surface area (Å²) in [6, 6.07) is 10.2. The molecule has 7 nitrogen and oxygen atoms in total.